The standard InChI is InChI=1S/C13H21N3OS/c1-9(14)13-16-11(8-18-13)12(17)15-7-10-5-3-2-4-6-10/h8-10H,2-7,14H2,1H3,(H,15,17). The molecule has 1 aromatic rings. The molecule has 0 saturated heterocycles. The number of carbonyl (C=O) groups excluding carboxylic acids is 1. The van der Waals surface area contributed by atoms with Gasteiger partial charge in [-0.15, -0.1) is 11.3 Å². The van der Waals surface area contributed by atoms with Crippen LogP contribution in [0.1, 0.15) is 60.6 Å². The molecule has 2 rings (SSSR count). The lowest BCUT2D eigenvalue weighted by molar-refractivity contribution is 0.0939. The highest BCUT2D eigenvalue weighted by atomic mass is 32.1. The van der Waals surface area contributed by atoms with Crippen molar-refractivity contribution in [2.75, 3.05) is 6.54 Å². The van der Waals surface area contributed by atoms with E-state index in [4.69, 9.17) is 5.73 Å². The molecule has 4 nitrogen and oxygen atoms in total. The summed E-state index contributed by atoms with van der Waals surface area (Å²) < 4.78 is 0. The smallest absolute Gasteiger partial charge is 0.270 e. The quantitative estimate of drug-likeness (QED) is 0.880. The number of aromatic nitrogens is 1. The molecule has 1 heterocycles. The van der Waals surface area contributed by atoms with E-state index in [0.717, 1.165) is 11.6 Å². The maximum Gasteiger partial charge on any atom is 0.270 e. The molecule has 5 heteroatoms. The lowest BCUT2D eigenvalue weighted by Gasteiger charge is -2.21. The van der Waals surface area contributed by atoms with Crippen molar-refractivity contribution >= 4 is 17.2 Å². The number of nitrogens with zero attached hydrogens (tertiary/aromatic N) is 1. The van der Waals surface area contributed by atoms with Gasteiger partial charge in [-0.3, -0.25) is 4.79 Å². The zero-order valence-electron chi connectivity index (χ0n) is 10.8. The molecular formula is C13H21N3OS. The van der Waals surface area contributed by atoms with Gasteiger partial charge >= 0.3 is 0 Å². The molecule has 1 aliphatic carbocycles. The molecule has 18 heavy (non-hydrogen) atoms. The van der Waals surface area contributed by atoms with Gasteiger partial charge in [0.15, 0.2) is 0 Å². The summed E-state index contributed by atoms with van der Waals surface area (Å²) in [5.74, 6) is 0.581. The molecule has 1 aromatic heterocycles. The summed E-state index contributed by atoms with van der Waals surface area (Å²) in [5.41, 5.74) is 6.24. The van der Waals surface area contributed by atoms with Gasteiger partial charge in [-0.05, 0) is 25.7 Å². The third kappa shape index (κ3) is 3.53. The summed E-state index contributed by atoms with van der Waals surface area (Å²) in [6.45, 7) is 2.66. The van der Waals surface area contributed by atoms with Gasteiger partial charge in [-0.1, -0.05) is 19.3 Å². The van der Waals surface area contributed by atoms with E-state index in [-0.39, 0.29) is 11.9 Å². The van der Waals surface area contributed by atoms with Crippen molar-refractivity contribution in [3.63, 3.8) is 0 Å². The molecule has 1 unspecified atom stereocenters. The highest BCUT2D eigenvalue weighted by Crippen LogP contribution is 2.23. The van der Waals surface area contributed by atoms with Crippen LogP contribution in [-0.2, 0) is 0 Å². The van der Waals surface area contributed by atoms with Gasteiger partial charge in [0.05, 0.1) is 6.04 Å². The van der Waals surface area contributed by atoms with Crippen LogP contribution >= 0.6 is 11.3 Å². The average Bonchev–Trinajstić information content (AvgIpc) is 2.87. The Morgan fingerprint density at radius 2 is 2.28 bits per heavy atom. The Morgan fingerprint density at radius 1 is 1.56 bits per heavy atom. The lowest BCUT2D eigenvalue weighted by atomic mass is 9.89. The number of hydrogen-bond acceptors (Lipinski definition) is 4. The maximum atomic E-state index is 11.9. The summed E-state index contributed by atoms with van der Waals surface area (Å²) >= 11 is 1.45. The highest BCUT2D eigenvalue weighted by Gasteiger charge is 2.16. The van der Waals surface area contributed by atoms with E-state index in [2.05, 4.69) is 10.3 Å². The topological polar surface area (TPSA) is 68.0 Å². The minimum Gasteiger partial charge on any atom is -0.350 e. The summed E-state index contributed by atoms with van der Waals surface area (Å²) in [6.07, 6.45) is 6.41. The van der Waals surface area contributed by atoms with E-state index in [9.17, 15) is 4.79 Å². The van der Waals surface area contributed by atoms with Crippen LogP contribution in [0.4, 0.5) is 0 Å². The number of carbonyl (C=O) groups is 1. The van der Waals surface area contributed by atoms with Crippen LogP contribution < -0.4 is 11.1 Å². The van der Waals surface area contributed by atoms with Crippen molar-refractivity contribution in [1.82, 2.24) is 10.3 Å². The first-order valence-electron chi connectivity index (χ1n) is 6.66. The Balaban J connectivity index is 1.83. The predicted octanol–water partition coefficient (Wildman–Crippen LogP) is 2.47. The number of nitrogens with one attached hydrogen (secondary N) is 1. The van der Waals surface area contributed by atoms with E-state index in [1.54, 1.807) is 5.38 Å². The monoisotopic (exact) mass is 267 g/mol. The second kappa shape index (κ2) is 6.29. The number of rotatable bonds is 4. The summed E-state index contributed by atoms with van der Waals surface area (Å²) in [7, 11) is 0. The van der Waals surface area contributed by atoms with Gasteiger partial charge in [0.1, 0.15) is 10.7 Å². The van der Waals surface area contributed by atoms with E-state index in [1.807, 2.05) is 6.92 Å². The molecule has 100 valence electrons. The average molecular weight is 267 g/mol. The third-order valence-electron chi connectivity index (χ3n) is 3.42. The first-order chi connectivity index (χ1) is 8.66. The first kappa shape index (κ1) is 13.5. The van der Waals surface area contributed by atoms with Crippen molar-refractivity contribution in [3.05, 3.63) is 16.1 Å². The van der Waals surface area contributed by atoms with Crippen LogP contribution in [0.15, 0.2) is 5.38 Å². The largest absolute Gasteiger partial charge is 0.350 e. The van der Waals surface area contributed by atoms with Gasteiger partial charge in [-0.25, -0.2) is 4.98 Å². The van der Waals surface area contributed by atoms with Gasteiger partial charge in [0, 0.05) is 11.9 Å². The molecule has 0 aliphatic heterocycles. The zero-order chi connectivity index (χ0) is 13.0. The minimum atomic E-state index is -0.102. The van der Waals surface area contributed by atoms with Crippen molar-refractivity contribution in [2.45, 2.75) is 45.1 Å². The van der Waals surface area contributed by atoms with Crippen molar-refractivity contribution in [2.24, 2.45) is 11.7 Å². The van der Waals surface area contributed by atoms with E-state index >= 15 is 0 Å². The van der Waals surface area contributed by atoms with Crippen LogP contribution in [-0.4, -0.2) is 17.4 Å². The fourth-order valence-corrected chi connectivity index (χ4v) is 3.08. The van der Waals surface area contributed by atoms with Crippen LogP contribution in [0.2, 0.25) is 0 Å². The van der Waals surface area contributed by atoms with Crippen molar-refractivity contribution in [1.29, 1.82) is 0 Å². The molecule has 0 bridgehead atoms. The fraction of sp³-hybridized carbons (Fsp3) is 0.692. The normalized spacial score (nSPS) is 18.6. The number of thiazole rings is 1. The van der Waals surface area contributed by atoms with Gasteiger partial charge in [0.2, 0.25) is 0 Å². The molecule has 1 saturated carbocycles. The van der Waals surface area contributed by atoms with Crippen LogP contribution in [0.3, 0.4) is 0 Å². The maximum absolute atomic E-state index is 11.9. The Kier molecular flexibility index (Phi) is 4.72. The summed E-state index contributed by atoms with van der Waals surface area (Å²) in [6, 6.07) is -0.102. The van der Waals surface area contributed by atoms with E-state index in [0.29, 0.717) is 11.6 Å². The lowest BCUT2D eigenvalue weighted by Crippen LogP contribution is -2.30. The first-order valence-corrected chi connectivity index (χ1v) is 7.54. The molecule has 0 radical (unpaired) electrons. The Labute approximate surface area is 112 Å². The van der Waals surface area contributed by atoms with Gasteiger partial charge in [0.25, 0.3) is 5.91 Å². The second-order valence-electron chi connectivity index (χ2n) is 5.07. The molecule has 3 N–H and O–H groups in total. The van der Waals surface area contributed by atoms with Gasteiger partial charge in [-0.2, -0.15) is 0 Å². The van der Waals surface area contributed by atoms with E-state index < -0.39 is 0 Å². The van der Waals surface area contributed by atoms with E-state index in [1.165, 1.54) is 43.4 Å². The number of hydrogen-bond donors (Lipinski definition) is 2. The molecule has 0 spiro atoms. The number of amides is 1. The molecule has 0 aromatic carbocycles. The molecule has 1 atom stereocenters. The third-order valence-corrected chi connectivity index (χ3v) is 4.47. The predicted molar refractivity (Wildman–Crippen MR) is 73.6 cm³/mol. The van der Waals surface area contributed by atoms with Crippen LogP contribution in [0.5, 0.6) is 0 Å². The highest BCUT2D eigenvalue weighted by molar-refractivity contribution is 7.09. The zero-order valence-corrected chi connectivity index (χ0v) is 11.6. The number of nitrogens with two attached hydrogens (primary N) is 1. The Hall–Kier alpha value is -0.940. The molecule has 1 amide bonds. The van der Waals surface area contributed by atoms with Gasteiger partial charge < -0.3 is 11.1 Å². The molecule has 1 aliphatic rings. The summed E-state index contributed by atoms with van der Waals surface area (Å²) in [5, 5.41) is 5.59. The van der Waals surface area contributed by atoms with Crippen LogP contribution in [0, 0.1) is 5.92 Å². The van der Waals surface area contributed by atoms with Crippen molar-refractivity contribution < 1.29 is 4.79 Å². The van der Waals surface area contributed by atoms with Crippen molar-refractivity contribution in [3.8, 4) is 0 Å². The summed E-state index contributed by atoms with van der Waals surface area (Å²) in [4.78, 5) is 16.2. The molecular weight excluding hydrogens is 246 g/mol. The Bertz CT molecular complexity index is 397. The minimum absolute atomic E-state index is 0.0660. The van der Waals surface area contributed by atoms with Crippen LogP contribution in [0.25, 0.3) is 0 Å². The SMILES string of the molecule is CC(N)c1nc(C(=O)NCC2CCCCC2)cs1. The second-order valence-corrected chi connectivity index (χ2v) is 5.96. The Morgan fingerprint density at radius 3 is 2.89 bits per heavy atom. The molecule has 1 fully saturated rings. The fourth-order valence-electron chi connectivity index (χ4n) is 2.32.